The molecule has 110 valence electrons. The van der Waals surface area contributed by atoms with Crippen LogP contribution in [0.4, 0.5) is 5.69 Å². The fraction of sp³-hybridized carbons (Fsp3) is 0.333. The zero-order valence-corrected chi connectivity index (χ0v) is 14.0. The molecule has 2 aromatic rings. The number of fused-ring (bicyclic) bond motifs is 1. The lowest BCUT2D eigenvalue weighted by Crippen LogP contribution is -2.32. The van der Waals surface area contributed by atoms with Crippen molar-refractivity contribution >= 4 is 33.0 Å². The van der Waals surface area contributed by atoms with E-state index in [0.29, 0.717) is 10.5 Å². The van der Waals surface area contributed by atoms with Crippen molar-refractivity contribution in [2.75, 3.05) is 6.54 Å². The highest BCUT2D eigenvalue weighted by atomic mass is 79.9. The van der Waals surface area contributed by atoms with E-state index >= 15 is 0 Å². The smallest absolute Gasteiger partial charge is 0.283 e. The minimum Gasteiger partial charge on any atom is -0.292 e. The summed E-state index contributed by atoms with van der Waals surface area (Å²) in [5.41, 5.74) is 2.52. The van der Waals surface area contributed by atoms with Crippen molar-refractivity contribution in [3.05, 3.63) is 60.2 Å². The first-order valence-corrected chi connectivity index (χ1v) is 8.46. The van der Waals surface area contributed by atoms with Crippen LogP contribution in [-0.2, 0) is 13.0 Å². The van der Waals surface area contributed by atoms with Crippen LogP contribution in [0.25, 0.3) is 0 Å². The van der Waals surface area contributed by atoms with Crippen LogP contribution >= 0.6 is 27.3 Å². The van der Waals surface area contributed by atoms with Gasteiger partial charge in [0.05, 0.1) is 9.40 Å². The molecule has 1 aliphatic heterocycles. The standard InChI is InChI=1S/C15H15BrN2O2S/c1-10-12-5-7-21-15(12)4-6-17(10)9-11-2-3-13(16)14(8-11)18(19)20/h2-3,5,7-8,10H,4,6,9H2,1H3. The zero-order chi connectivity index (χ0) is 15.0. The number of nitro benzene ring substituents is 1. The molecule has 0 saturated heterocycles. The van der Waals surface area contributed by atoms with Gasteiger partial charge in [0.1, 0.15) is 0 Å². The molecular weight excluding hydrogens is 352 g/mol. The summed E-state index contributed by atoms with van der Waals surface area (Å²) in [6.45, 7) is 3.95. The molecule has 0 amide bonds. The van der Waals surface area contributed by atoms with Crippen LogP contribution in [0.1, 0.15) is 29.0 Å². The first-order chi connectivity index (χ1) is 10.1. The fourth-order valence-electron chi connectivity index (χ4n) is 2.81. The van der Waals surface area contributed by atoms with Gasteiger partial charge in [0, 0.05) is 30.1 Å². The molecule has 1 aromatic heterocycles. The van der Waals surface area contributed by atoms with Gasteiger partial charge in [-0.05, 0) is 57.9 Å². The van der Waals surface area contributed by atoms with Crippen molar-refractivity contribution in [3.63, 3.8) is 0 Å². The Labute approximate surface area is 135 Å². The van der Waals surface area contributed by atoms with Crippen molar-refractivity contribution in [1.29, 1.82) is 0 Å². The molecule has 0 saturated carbocycles. The quantitative estimate of drug-likeness (QED) is 0.591. The van der Waals surface area contributed by atoms with Gasteiger partial charge in [0.2, 0.25) is 0 Å². The Morgan fingerprint density at radius 1 is 1.48 bits per heavy atom. The second-order valence-corrected chi connectivity index (χ2v) is 7.09. The predicted molar refractivity (Wildman–Crippen MR) is 87.6 cm³/mol. The Morgan fingerprint density at radius 2 is 2.29 bits per heavy atom. The molecule has 1 unspecified atom stereocenters. The van der Waals surface area contributed by atoms with E-state index in [2.05, 4.69) is 39.2 Å². The summed E-state index contributed by atoms with van der Waals surface area (Å²) in [7, 11) is 0. The number of nitro groups is 1. The van der Waals surface area contributed by atoms with Gasteiger partial charge in [0.25, 0.3) is 5.69 Å². The Balaban J connectivity index is 1.82. The average molecular weight is 367 g/mol. The summed E-state index contributed by atoms with van der Waals surface area (Å²) in [6, 6.07) is 7.94. The molecule has 1 aliphatic rings. The molecule has 0 radical (unpaired) electrons. The topological polar surface area (TPSA) is 46.4 Å². The van der Waals surface area contributed by atoms with E-state index in [1.54, 1.807) is 12.1 Å². The van der Waals surface area contributed by atoms with Crippen LogP contribution in [0.3, 0.4) is 0 Å². The minimum atomic E-state index is -0.343. The third kappa shape index (κ3) is 2.88. The Bertz CT molecular complexity index is 686. The fourth-order valence-corrected chi connectivity index (χ4v) is 4.16. The monoisotopic (exact) mass is 366 g/mol. The molecule has 1 aromatic carbocycles. The maximum Gasteiger partial charge on any atom is 0.283 e. The van der Waals surface area contributed by atoms with Crippen molar-refractivity contribution in [3.8, 4) is 0 Å². The number of hydrogen-bond donors (Lipinski definition) is 0. The summed E-state index contributed by atoms with van der Waals surface area (Å²) >= 11 is 5.05. The lowest BCUT2D eigenvalue weighted by molar-refractivity contribution is -0.385. The molecule has 0 spiro atoms. The zero-order valence-electron chi connectivity index (χ0n) is 11.6. The molecule has 2 heterocycles. The molecule has 3 rings (SSSR count). The van der Waals surface area contributed by atoms with Gasteiger partial charge in [-0.2, -0.15) is 0 Å². The molecule has 1 atom stereocenters. The first-order valence-electron chi connectivity index (χ1n) is 6.79. The van der Waals surface area contributed by atoms with E-state index < -0.39 is 0 Å². The van der Waals surface area contributed by atoms with Crippen LogP contribution in [0.2, 0.25) is 0 Å². The predicted octanol–water partition coefficient (Wildman–Crippen LogP) is 4.54. The number of nitrogens with zero attached hydrogens (tertiary/aromatic N) is 2. The normalized spacial score (nSPS) is 18.5. The minimum absolute atomic E-state index is 0.133. The molecule has 21 heavy (non-hydrogen) atoms. The summed E-state index contributed by atoms with van der Waals surface area (Å²) in [5.74, 6) is 0. The largest absolute Gasteiger partial charge is 0.292 e. The van der Waals surface area contributed by atoms with E-state index in [0.717, 1.165) is 25.1 Å². The maximum atomic E-state index is 11.0. The molecule has 0 N–H and O–H groups in total. The van der Waals surface area contributed by atoms with Gasteiger partial charge in [-0.15, -0.1) is 11.3 Å². The van der Waals surface area contributed by atoms with Crippen molar-refractivity contribution in [2.45, 2.75) is 25.9 Å². The highest BCUT2D eigenvalue weighted by Gasteiger charge is 2.25. The molecule has 4 nitrogen and oxygen atoms in total. The highest BCUT2D eigenvalue weighted by molar-refractivity contribution is 9.10. The number of thiophene rings is 1. The summed E-state index contributed by atoms with van der Waals surface area (Å²) < 4.78 is 0.531. The van der Waals surface area contributed by atoms with Crippen LogP contribution < -0.4 is 0 Å². The maximum absolute atomic E-state index is 11.0. The van der Waals surface area contributed by atoms with Gasteiger partial charge in [-0.3, -0.25) is 15.0 Å². The Hall–Kier alpha value is -1.24. The third-order valence-electron chi connectivity index (χ3n) is 4.00. The van der Waals surface area contributed by atoms with Crippen LogP contribution in [0.15, 0.2) is 34.1 Å². The van der Waals surface area contributed by atoms with Gasteiger partial charge in [-0.1, -0.05) is 6.07 Å². The van der Waals surface area contributed by atoms with Crippen LogP contribution in [0, 0.1) is 10.1 Å². The Kier molecular flexibility index (Phi) is 4.10. The molecule has 0 aliphatic carbocycles. The van der Waals surface area contributed by atoms with Crippen LogP contribution in [0.5, 0.6) is 0 Å². The molecule has 0 bridgehead atoms. The summed E-state index contributed by atoms with van der Waals surface area (Å²) in [5, 5.41) is 13.2. The van der Waals surface area contributed by atoms with Crippen molar-refractivity contribution in [1.82, 2.24) is 4.90 Å². The van der Waals surface area contributed by atoms with Crippen molar-refractivity contribution < 1.29 is 4.92 Å². The van der Waals surface area contributed by atoms with Gasteiger partial charge < -0.3 is 0 Å². The second kappa shape index (κ2) is 5.87. The third-order valence-corrected chi connectivity index (χ3v) is 5.66. The van der Waals surface area contributed by atoms with E-state index in [9.17, 15) is 10.1 Å². The second-order valence-electron chi connectivity index (χ2n) is 5.24. The highest BCUT2D eigenvalue weighted by Crippen LogP contribution is 2.34. The number of benzene rings is 1. The van der Waals surface area contributed by atoms with Gasteiger partial charge in [-0.25, -0.2) is 0 Å². The van der Waals surface area contributed by atoms with Gasteiger partial charge in [0.15, 0.2) is 0 Å². The molecular formula is C15H15BrN2O2S. The van der Waals surface area contributed by atoms with E-state index in [4.69, 9.17) is 0 Å². The summed E-state index contributed by atoms with van der Waals surface area (Å²) in [6.07, 6.45) is 1.07. The lowest BCUT2D eigenvalue weighted by Gasteiger charge is -2.33. The number of hydrogen-bond acceptors (Lipinski definition) is 4. The summed E-state index contributed by atoms with van der Waals surface area (Å²) in [4.78, 5) is 14.5. The molecule has 6 heteroatoms. The van der Waals surface area contributed by atoms with Crippen LogP contribution in [-0.4, -0.2) is 16.4 Å². The first kappa shape index (κ1) is 14.7. The number of halogens is 1. The molecule has 0 fully saturated rings. The van der Waals surface area contributed by atoms with Gasteiger partial charge >= 0.3 is 0 Å². The average Bonchev–Trinajstić information content (AvgIpc) is 2.93. The Morgan fingerprint density at radius 3 is 3.05 bits per heavy atom. The SMILES string of the molecule is CC1c2ccsc2CCN1Cc1ccc(Br)c([N+](=O)[O-])c1. The lowest BCUT2D eigenvalue weighted by atomic mass is 10.0. The van der Waals surface area contributed by atoms with Crippen molar-refractivity contribution in [2.24, 2.45) is 0 Å². The van der Waals surface area contributed by atoms with E-state index in [-0.39, 0.29) is 10.6 Å². The van der Waals surface area contributed by atoms with E-state index in [1.807, 2.05) is 17.4 Å². The number of rotatable bonds is 3. The van der Waals surface area contributed by atoms with E-state index in [1.165, 1.54) is 10.4 Å².